The Morgan fingerprint density at radius 2 is 2.08 bits per heavy atom. The fourth-order valence-corrected chi connectivity index (χ4v) is 4.83. The molecule has 2 N–H and O–H groups in total. The molecule has 4 heteroatoms. The predicted molar refractivity (Wildman–Crippen MR) is 107 cm³/mol. The van der Waals surface area contributed by atoms with Crippen LogP contribution in [-0.4, -0.2) is 63.9 Å². The number of nitrogens with zero attached hydrogens (tertiary/aromatic N) is 1. The van der Waals surface area contributed by atoms with Crippen LogP contribution >= 0.6 is 0 Å². The SMILES string of the molecule is CCCC1C(C)CCCCN(C)CC1C1OCC1CNCC(C)NC. The number of hydrogen-bond donors (Lipinski definition) is 2. The summed E-state index contributed by atoms with van der Waals surface area (Å²) in [6, 6.07) is 0.531. The van der Waals surface area contributed by atoms with Crippen LogP contribution < -0.4 is 10.6 Å². The summed E-state index contributed by atoms with van der Waals surface area (Å²) >= 11 is 0. The van der Waals surface area contributed by atoms with E-state index in [9.17, 15) is 0 Å². The largest absolute Gasteiger partial charge is 0.377 e. The van der Waals surface area contributed by atoms with Crippen LogP contribution in [0.5, 0.6) is 0 Å². The molecule has 0 amide bonds. The van der Waals surface area contributed by atoms with Crippen molar-refractivity contribution in [2.75, 3.05) is 46.9 Å². The second kappa shape index (κ2) is 10.9. The van der Waals surface area contributed by atoms with Crippen molar-refractivity contribution in [1.82, 2.24) is 15.5 Å². The summed E-state index contributed by atoms with van der Waals surface area (Å²) in [6.07, 6.45) is 7.24. The Kier molecular flexibility index (Phi) is 9.18. The minimum atomic E-state index is 0.456. The molecule has 6 unspecified atom stereocenters. The predicted octanol–water partition coefficient (Wildman–Crippen LogP) is 2.98. The highest BCUT2D eigenvalue weighted by Crippen LogP contribution is 2.39. The van der Waals surface area contributed by atoms with Crippen molar-refractivity contribution in [1.29, 1.82) is 0 Å². The first kappa shape index (κ1) is 21.1. The summed E-state index contributed by atoms with van der Waals surface area (Å²) in [7, 11) is 4.35. The van der Waals surface area contributed by atoms with Gasteiger partial charge in [0.05, 0.1) is 12.7 Å². The number of hydrogen-bond acceptors (Lipinski definition) is 4. The van der Waals surface area contributed by atoms with Gasteiger partial charge in [-0.25, -0.2) is 0 Å². The van der Waals surface area contributed by atoms with Gasteiger partial charge in [0, 0.05) is 37.5 Å². The molecule has 0 aromatic heterocycles. The second-order valence-corrected chi connectivity index (χ2v) is 8.76. The third-order valence-corrected chi connectivity index (χ3v) is 6.61. The van der Waals surface area contributed by atoms with Crippen LogP contribution in [0.2, 0.25) is 0 Å². The van der Waals surface area contributed by atoms with Crippen molar-refractivity contribution in [3.05, 3.63) is 0 Å². The van der Waals surface area contributed by atoms with E-state index in [1.165, 1.54) is 45.2 Å². The van der Waals surface area contributed by atoms with Crippen molar-refractivity contribution in [2.24, 2.45) is 23.7 Å². The van der Waals surface area contributed by atoms with E-state index in [4.69, 9.17) is 4.74 Å². The molecular weight excluding hydrogens is 310 g/mol. The van der Waals surface area contributed by atoms with Gasteiger partial charge in [-0.3, -0.25) is 0 Å². The molecule has 0 saturated carbocycles. The molecule has 2 aliphatic rings. The number of likely N-dealkylation sites (N-methyl/N-ethyl adjacent to an activating group) is 1. The van der Waals surface area contributed by atoms with Gasteiger partial charge < -0.3 is 20.3 Å². The van der Waals surface area contributed by atoms with E-state index < -0.39 is 0 Å². The molecule has 2 rings (SSSR count). The van der Waals surface area contributed by atoms with Crippen molar-refractivity contribution in [3.8, 4) is 0 Å². The molecule has 0 aliphatic carbocycles. The molecule has 0 aromatic rings. The smallest absolute Gasteiger partial charge is 0.0680 e. The molecule has 2 heterocycles. The topological polar surface area (TPSA) is 36.5 Å². The van der Waals surface area contributed by atoms with Crippen LogP contribution in [0.25, 0.3) is 0 Å². The minimum Gasteiger partial charge on any atom is -0.377 e. The Morgan fingerprint density at radius 3 is 2.72 bits per heavy atom. The Balaban J connectivity index is 1.99. The van der Waals surface area contributed by atoms with E-state index in [-0.39, 0.29) is 0 Å². The molecule has 2 aliphatic heterocycles. The summed E-state index contributed by atoms with van der Waals surface area (Å²) in [5, 5.41) is 6.97. The normalized spacial score (nSPS) is 36.1. The molecule has 2 fully saturated rings. The summed E-state index contributed by atoms with van der Waals surface area (Å²) in [4.78, 5) is 2.57. The Labute approximate surface area is 156 Å². The first-order valence-electron chi connectivity index (χ1n) is 10.7. The van der Waals surface area contributed by atoms with Gasteiger partial charge in [-0.1, -0.05) is 39.5 Å². The van der Waals surface area contributed by atoms with E-state index in [0.29, 0.717) is 24.0 Å². The average molecular weight is 354 g/mol. The fraction of sp³-hybridized carbons (Fsp3) is 1.00. The number of rotatable bonds is 8. The molecule has 0 bridgehead atoms. The van der Waals surface area contributed by atoms with Gasteiger partial charge in [0.2, 0.25) is 0 Å². The molecular formula is C21H43N3O. The Bertz CT molecular complexity index is 365. The van der Waals surface area contributed by atoms with Gasteiger partial charge in [0.1, 0.15) is 0 Å². The number of nitrogens with one attached hydrogen (secondary N) is 2. The monoisotopic (exact) mass is 353 g/mol. The van der Waals surface area contributed by atoms with Crippen LogP contribution in [-0.2, 0) is 4.74 Å². The van der Waals surface area contributed by atoms with E-state index in [2.05, 4.69) is 43.4 Å². The number of ether oxygens (including phenoxy) is 1. The van der Waals surface area contributed by atoms with Crippen LogP contribution in [0.1, 0.15) is 52.9 Å². The van der Waals surface area contributed by atoms with E-state index in [0.717, 1.165) is 31.5 Å². The van der Waals surface area contributed by atoms with E-state index >= 15 is 0 Å². The van der Waals surface area contributed by atoms with Gasteiger partial charge in [0.15, 0.2) is 0 Å². The van der Waals surface area contributed by atoms with Gasteiger partial charge in [-0.15, -0.1) is 0 Å². The zero-order chi connectivity index (χ0) is 18.2. The fourth-order valence-electron chi connectivity index (χ4n) is 4.83. The molecule has 6 atom stereocenters. The first-order valence-corrected chi connectivity index (χ1v) is 10.7. The highest BCUT2D eigenvalue weighted by atomic mass is 16.5. The van der Waals surface area contributed by atoms with E-state index in [1.807, 2.05) is 7.05 Å². The highest BCUT2D eigenvalue weighted by Gasteiger charge is 2.43. The lowest BCUT2D eigenvalue weighted by molar-refractivity contribution is -0.160. The maximum Gasteiger partial charge on any atom is 0.0680 e. The third kappa shape index (κ3) is 6.20. The Hall–Kier alpha value is -0.160. The van der Waals surface area contributed by atoms with Gasteiger partial charge in [-0.05, 0) is 45.8 Å². The average Bonchev–Trinajstić information content (AvgIpc) is 2.63. The van der Waals surface area contributed by atoms with Crippen molar-refractivity contribution in [3.63, 3.8) is 0 Å². The third-order valence-electron chi connectivity index (χ3n) is 6.61. The lowest BCUT2D eigenvalue weighted by Gasteiger charge is -2.47. The maximum atomic E-state index is 6.19. The maximum absolute atomic E-state index is 6.19. The van der Waals surface area contributed by atoms with Crippen LogP contribution in [0.15, 0.2) is 0 Å². The van der Waals surface area contributed by atoms with Gasteiger partial charge in [-0.2, -0.15) is 0 Å². The summed E-state index contributed by atoms with van der Waals surface area (Å²) in [5.41, 5.74) is 0. The summed E-state index contributed by atoms with van der Waals surface area (Å²) < 4.78 is 6.19. The lowest BCUT2D eigenvalue weighted by Crippen LogP contribution is -2.55. The van der Waals surface area contributed by atoms with E-state index in [1.54, 1.807) is 0 Å². The zero-order valence-corrected chi connectivity index (χ0v) is 17.4. The van der Waals surface area contributed by atoms with Crippen LogP contribution in [0, 0.1) is 23.7 Å². The summed E-state index contributed by atoms with van der Waals surface area (Å²) in [5.74, 6) is 3.03. The minimum absolute atomic E-state index is 0.456. The molecule has 4 nitrogen and oxygen atoms in total. The van der Waals surface area contributed by atoms with Crippen LogP contribution in [0.4, 0.5) is 0 Å². The molecule has 0 radical (unpaired) electrons. The lowest BCUT2D eigenvalue weighted by atomic mass is 9.71. The van der Waals surface area contributed by atoms with Crippen LogP contribution in [0.3, 0.4) is 0 Å². The summed E-state index contributed by atoms with van der Waals surface area (Å²) in [6.45, 7) is 12.6. The zero-order valence-electron chi connectivity index (χ0n) is 17.4. The van der Waals surface area contributed by atoms with Crippen molar-refractivity contribution in [2.45, 2.75) is 65.0 Å². The first-order chi connectivity index (χ1) is 12.1. The molecule has 2 saturated heterocycles. The molecule has 148 valence electrons. The molecule has 25 heavy (non-hydrogen) atoms. The standard InChI is InChI=1S/C21H43N3O/c1-6-9-19-16(2)10-7-8-11-24(5)14-20(19)21-18(15-25-21)13-23-12-17(3)22-4/h16-23H,6-15H2,1-5H3. The molecule has 0 aromatic carbocycles. The Morgan fingerprint density at radius 1 is 1.28 bits per heavy atom. The van der Waals surface area contributed by atoms with Crippen molar-refractivity contribution >= 4 is 0 Å². The van der Waals surface area contributed by atoms with Crippen molar-refractivity contribution < 1.29 is 4.74 Å². The van der Waals surface area contributed by atoms with Gasteiger partial charge in [0.25, 0.3) is 0 Å². The van der Waals surface area contributed by atoms with Gasteiger partial charge >= 0.3 is 0 Å². The molecule has 0 spiro atoms. The highest BCUT2D eigenvalue weighted by molar-refractivity contribution is 4.92. The second-order valence-electron chi connectivity index (χ2n) is 8.76. The quantitative estimate of drug-likeness (QED) is 0.703.